The van der Waals surface area contributed by atoms with Crippen LogP contribution >= 0.6 is 0 Å². The molecule has 0 aromatic carbocycles. The molecule has 3 heteroatoms. The van der Waals surface area contributed by atoms with E-state index in [4.69, 9.17) is 5.73 Å². The van der Waals surface area contributed by atoms with E-state index in [9.17, 15) is 0 Å². The van der Waals surface area contributed by atoms with Crippen LogP contribution in [0.25, 0.3) is 0 Å². The molecule has 94 valence electrons. The predicted molar refractivity (Wildman–Crippen MR) is 72.0 cm³/mol. The highest BCUT2D eigenvalue weighted by atomic mass is 15.2. The van der Waals surface area contributed by atoms with Gasteiger partial charge in [-0.3, -0.25) is 0 Å². The van der Waals surface area contributed by atoms with Crippen molar-refractivity contribution >= 4 is 5.82 Å². The molecule has 1 fully saturated rings. The fraction of sp³-hybridized carbons (Fsp3) is 0.643. The fourth-order valence-corrected chi connectivity index (χ4v) is 2.44. The maximum Gasteiger partial charge on any atom is 0.128 e. The summed E-state index contributed by atoms with van der Waals surface area (Å²) in [6, 6.07) is 4.22. The Morgan fingerprint density at radius 2 is 2.12 bits per heavy atom. The molecule has 0 amide bonds. The highest BCUT2D eigenvalue weighted by Gasteiger charge is 2.23. The normalized spacial score (nSPS) is 25.1. The van der Waals surface area contributed by atoms with Crippen molar-refractivity contribution in [3.05, 3.63) is 23.4 Å². The van der Waals surface area contributed by atoms with Crippen LogP contribution in [-0.4, -0.2) is 18.1 Å². The van der Waals surface area contributed by atoms with Crippen LogP contribution in [0.1, 0.15) is 31.5 Å². The lowest BCUT2D eigenvalue weighted by atomic mass is 9.89. The standard InChI is InChI=1S/C14H23N3/c1-10-6-7-17(9-11(10)2)14-5-4-13(8-15)12(3)16-14/h4-5,10-11H,6-9,15H2,1-3H3. The first-order valence-corrected chi connectivity index (χ1v) is 6.53. The van der Waals surface area contributed by atoms with Crippen LogP contribution in [0.5, 0.6) is 0 Å². The zero-order valence-electron chi connectivity index (χ0n) is 11.1. The minimum atomic E-state index is 0.576. The number of piperidine rings is 1. The van der Waals surface area contributed by atoms with Crippen LogP contribution in [0.2, 0.25) is 0 Å². The van der Waals surface area contributed by atoms with E-state index in [1.54, 1.807) is 0 Å². The topological polar surface area (TPSA) is 42.2 Å². The molecular weight excluding hydrogens is 210 g/mol. The summed E-state index contributed by atoms with van der Waals surface area (Å²) in [5, 5.41) is 0. The summed E-state index contributed by atoms with van der Waals surface area (Å²) in [4.78, 5) is 7.07. The monoisotopic (exact) mass is 233 g/mol. The van der Waals surface area contributed by atoms with Crippen LogP contribution in [0.3, 0.4) is 0 Å². The third kappa shape index (κ3) is 2.60. The zero-order chi connectivity index (χ0) is 12.4. The van der Waals surface area contributed by atoms with Crippen molar-refractivity contribution in [1.29, 1.82) is 0 Å². The zero-order valence-corrected chi connectivity index (χ0v) is 11.1. The third-order valence-corrected chi connectivity index (χ3v) is 4.06. The van der Waals surface area contributed by atoms with Gasteiger partial charge in [0.2, 0.25) is 0 Å². The van der Waals surface area contributed by atoms with Gasteiger partial charge < -0.3 is 10.6 Å². The van der Waals surface area contributed by atoms with Gasteiger partial charge in [-0.1, -0.05) is 19.9 Å². The maximum atomic E-state index is 5.67. The SMILES string of the molecule is Cc1nc(N2CCC(C)C(C)C2)ccc1CN. The van der Waals surface area contributed by atoms with Gasteiger partial charge in [-0.2, -0.15) is 0 Å². The summed E-state index contributed by atoms with van der Waals surface area (Å²) < 4.78 is 0. The Hall–Kier alpha value is -1.09. The van der Waals surface area contributed by atoms with Gasteiger partial charge in [0, 0.05) is 25.3 Å². The Labute approximate surface area is 104 Å². The van der Waals surface area contributed by atoms with Crippen LogP contribution in [0, 0.1) is 18.8 Å². The molecule has 2 atom stereocenters. The van der Waals surface area contributed by atoms with E-state index < -0.39 is 0 Å². The third-order valence-electron chi connectivity index (χ3n) is 4.06. The van der Waals surface area contributed by atoms with Gasteiger partial charge >= 0.3 is 0 Å². The van der Waals surface area contributed by atoms with Gasteiger partial charge in [0.25, 0.3) is 0 Å². The van der Waals surface area contributed by atoms with E-state index in [-0.39, 0.29) is 0 Å². The largest absolute Gasteiger partial charge is 0.356 e. The molecule has 17 heavy (non-hydrogen) atoms. The van der Waals surface area contributed by atoms with E-state index in [1.165, 1.54) is 6.42 Å². The van der Waals surface area contributed by atoms with Crippen LogP contribution in [0.15, 0.2) is 12.1 Å². The van der Waals surface area contributed by atoms with Crippen LogP contribution in [-0.2, 0) is 6.54 Å². The molecule has 0 bridgehead atoms. The second-order valence-corrected chi connectivity index (χ2v) is 5.31. The van der Waals surface area contributed by atoms with Gasteiger partial charge in [0.05, 0.1) is 0 Å². The van der Waals surface area contributed by atoms with Crippen LogP contribution in [0.4, 0.5) is 5.82 Å². The van der Waals surface area contributed by atoms with Crippen molar-refractivity contribution in [1.82, 2.24) is 4.98 Å². The first-order chi connectivity index (χ1) is 8.11. The summed E-state index contributed by atoms with van der Waals surface area (Å²) in [7, 11) is 0. The van der Waals surface area contributed by atoms with Gasteiger partial charge in [0.15, 0.2) is 0 Å². The summed E-state index contributed by atoms with van der Waals surface area (Å²) in [5.41, 5.74) is 7.88. The van der Waals surface area contributed by atoms with Crippen molar-refractivity contribution in [2.24, 2.45) is 17.6 Å². The fourth-order valence-electron chi connectivity index (χ4n) is 2.44. The quantitative estimate of drug-likeness (QED) is 0.852. The molecule has 1 aliphatic heterocycles. The summed E-state index contributed by atoms with van der Waals surface area (Å²) in [6.07, 6.45) is 1.26. The van der Waals surface area contributed by atoms with Gasteiger partial charge in [-0.15, -0.1) is 0 Å². The van der Waals surface area contributed by atoms with Crippen molar-refractivity contribution in [2.45, 2.75) is 33.7 Å². The lowest BCUT2D eigenvalue weighted by Gasteiger charge is -2.36. The Bertz CT molecular complexity index is 389. The van der Waals surface area contributed by atoms with Gasteiger partial charge in [0.1, 0.15) is 5.82 Å². The smallest absolute Gasteiger partial charge is 0.128 e. The molecule has 2 rings (SSSR count). The molecule has 2 heterocycles. The van der Waals surface area contributed by atoms with E-state index >= 15 is 0 Å². The molecule has 0 aliphatic carbocycles. The summed E-state index contributed by atoms with van der Waals surface area (Å²) in [5.74, 6) is 2.69. The number of nitrogens with two attached hydrogens (primary N) is 1. The minimum absolute atomic E-state index is 0.576. The summed E-state index contributed by atoms with van der Waals surface area (Å²) in [6.45, 7) is 9.54. The van der Waals surface area contributed by atoms with Crippen molar-refractivity contribution in [3.63, 3.8) is 0 Å². The van der Waals surface area contributed by atoms with E-state index in [0.29, 0.717) is 6.54 Å². The molecule has 0 spiro atoms. The average Bonchev–Trinajstić information content (AvgIpc) is 2.32. The number of pyridine rings is 1. The molecule has 1 saturated heterocycles. The highest BCUT2D eigenvalue weighted by molar-refractivity contribution is 5.42. The number of hydrogen-bond acceptors (Lipinski definition) is 3. The van der Waals surface area contributed by atoms with E-state index in [2.05, 4.69) is 35.9 Å². The Kier molecular flexibility index (Phi) is 3.67. The molecule has 3 nitrogen and oxygen atoms in total. The van der Waals surface area contributed by atoms with E-state index in [0.717, 1.165) is 42.0 Å². The molecule has 0 saturated carbocycles. The number of hydrogen-bond donors (Lipinski definition) is 1. The Morgan fingerprint density at radius 1 is 1.35 bits per heavy atom. The van der Waals surface area contributed by atoms with Crippen molar-refractivity contribution in [3.8, 4) is 0 Å². The summed E-state index contributed by atoms with van der Waals surface area (Å²) >= 11 is 0. The van der Waals surface area contributed by atoms with E-state index in [1.807, 2.05) is 6.92 Å². The predicted octanol–water partition coefficient (Wildman–Crippen LogP) is 2.33. The molecular formula is C14H23N3. The molecule has 1 aliphatic rings. The van der Waals surface area contributed by atoms with Crippen molar-refractivity contribution in [2.75, 3.05) is 18.0 Å². The van der Waals surface area contributed by atoms with Gasteiger partial charge in [-0.25, -0.2) is 4.98 Å². The number of aryl methyl sites for hydroxylation is 1. The first-order valence-electron chi connectivity index (χ1n) is 6.53. The molecule has 0 radical (unpaired) electrons. The highest BCUT2D eigenvalue weighted by Crippen LogP contribution is 2.26. The second-order valence-electron chi connectivity index (χ2n) is 5.31. The lowest BCUT2D eigenvalue weighted by Crippen LogP contribution is -2.38. The molecule has 2 unspecified atom stereocenters. The van der Waals surface area contributed by atoms with Gasteiger partial charge in [-0.05, 0) is 36.8 Å². The Morgan fingerprint density at radius 3 is 2.71 bits per heavy atom. The average molecular weight is 233 g/mol. The molecule has 2 N–H and O–H groups in total. The van der Waals surface area contributed by atoms with Crippen molar-refractivity contribution < 1.29 is 0 Å². The van der Waals surface area contributed by atoms with Crippen LogP contribution < -0.4 is 10.6 Å². The lowest BCUT2D eigenvalue weighted by molar-refractivity contribution is 0.322. The Balaban J connectivity index is 2.15. The number of anilines is 1. The maximum absolute atomic E-state index is 5.67. The molecule has 1 aromatic rings. The number of nitrogens with zero attached hydrogens (tertiary/aromatic N) is 2. The number of aromatic nitrogens is 1. The second kappa shape index (κ2) is 5.05. The minimum Gasteiger partial charge on any atom is -0.356 e. The molecule has 1 aromatic heterocycles. The number of rotatable bonds is 2. The first kappa shape index (κ1) is 12.4.